The van der Waals surface area contributed by atoms with Gasteiger partial charge in [-0.1, -0.05) is 61.2 Å². The number of nitrogens with one attached hydrogen (secondary N) is 3. The van der Waals surface area contributed by atoms with Gasteiger partial charge >= 0.3 is 5.97 Å². The molecule has 1 aliphatic heterocycles. The number of carbonyl (C=O) groups excluding carboxylic acids is 2. The van der Waals surface area contributed by atoms with E-state index in [9.17, 15) is 24.6 Å². The molecule has 1 amide bonds. The summed E-state index contributed by atoms with van der Waals surface area (Å²) in [6.45, 7) is 3.07. The SMILES string of the molecule is COc1cc(NC(=O)CCCc2cccc(C3(C(=O)OCC4CCN(C)CC4)CCCCC3)c2)c(Cl)cc1CNC[C@@H](O)c1ccc(O)c2[nH]c(=O)ccc12. The molecule has 6 rings (SSSR count). The number of fused-ring (bicyclic) bond motifs is 1. The van der Waals surface area contributed by atoms with E-state index in [1.54, 1.807) is 24.3 Å². The number of nitrogens with zero attached hydrogens (tertiary/aromatic N) is 1. The topological polar surface area (TPSA) is 153 Å². The van der Waals surface area contributed by atoms with Crippen molar-refractivity contribution < 1.29 is 29.3 Å². The smallest absolute Gasteiger partial charge is 0.316 e. The highest BCUT2D eigenvalue weighted by molar-refractivity contribution is 6.33. The second-order valence-corrected chi connectivity index (χ2v) is 15.6. The first-order valence-corrected chi connectivity index (χ1v) is 19.8. The number of pyridine rings is 1. The van der Waals surface area contributed by atoms with Crippen molar-refractivity contribution in [1.82, 2.24) is 15.2 Å². The van der Waals surface area contributed by atoms with Crippen LogP contribution in [0.3, 0.4) is 0 Å². The Morgan fingerprint density at radius 1 is 1.05 bits per heavy atom. The van der Waals surface area contributed by atoms with Crippen LogP contribution in [0.4, 0.5) is 5.69 Å². The summed E-state index contributed by atoms with van der Waals surface area (Å²) in [5, 5.41) is 28.1. The molecule has 0 spiro atoms. The number of H-pyrrole nitrogens is 1. The fourth-order valence-electron chi connectivity index (χ4n) is 8.04. The molecule has 2 aliphatic rings. The molecule has 1 atom stereocenters. The first-order valence-electron chi connectivity index (χ1n) is 19.4. The lowest BCUT2D eigenvalue weighted by atomic mass is 9.69. The fourth-order valence-corrected chi connectivity index (χ4v) is 8.27. The zero-order chi connectivity index (χ0) is 39.0. The third-order valence-corrected chi connectivity index (χ3v) is 11.6. The number of aliphatic hydroxyl groups excluding tert-OH is 1. The highest BCUT2D eigenvalue weighted by Gasteiger charge is 2.43. The van der Waals surface area contributed by atoms with E-state index in [0.29, 0.717) is 59.3 Å². The van der Waals surface area contributed by atoms with Crippen LogP contribution in [-0.4, -0.2) is 72.4 Å². The van der Waals surface area contributed by atoms with E-state index in [1.165, 1.54) is 19.2 Å². The number of anilines is 1. The van der Waals surface area contributed by atoms with Crippen LogP contribution in [0.1, 0.15) is 86.1 Å². The predicted octanol–water partition coefficient (Wildman–Crippen LogP) is 6.77. The standard InChI is InChI=1S/C43H53ClN4O7/c1-48-20-16-29(17-21-48)27-55-42(53)43(18-4-3-5-19-43)31-10-6-8-28(22-31)9-7-11-39(51)46-35-24-38(54-2)30(23-34(35)44)25-45-26-37(50)32-12-14-36(49)41-33(32)13-15-40(52)47-41/h6,8,10,12-15,22-24,29,37,45,49-50H,3-5,7,9,11,16-21,25-27H2,1-2H3,(H,46,51)(H,47,52)/t37-/m1/s1. The number of esters is 1. The third-order valence-electron chi connectivity index (χ3n) is 11.3. The van der Waals surface area contributed by atoms with Crippen LogP contribution >= 0.6 is 11.6 Å². The van der Waals surface area contributed by atoms with Gasteiger partial charge in [0.25, 0.3) is 0 Å². The van der Waals surface area contributed by atoms with Gasteiger partial charge in [-0.15, -0.1) is 0 Å². The highest BCUT2D eigenvalue weighted by atomic mass is 35.5. The Balaban J connectivity index is 1.01. The summed E-state index contributed by atoms with van der Waals surface area (Å²) in [6.07, 6.45) is 7.52. The average molecular weight is 773 g/mol. The second-order valence-electron chi connectivity index (χ2n) is 15.2. The summed E-state index contributed by atoms with van der Waals surface area (Å²) < 4.78 is 11.7. The molecular formula is C43H53ClN4O7. The molecule has 1 aromatic heterocycles. The number of hydrogen-bond donors (Lipinski definition) is 5. The summed E-state index contributed by atoms with van der Waals surface area (Å²) in [7, 11) is 3.68. The largest absolute Gasteiger partial charge is 0.506 e. The van der Waals surface area contributed by atoms with Crippen molar-refractivity contribution in [3.8, 4) is 11.5 Å². The van der Waals surface area contributed by atoms with Gasteiger partial charge in [0, 0.05) is 42.6 Å². The molecule has 0 radical (unpaired) electrons. The van der Waals surface area contributed by atoms with Gasteiger partial charge in [0.2, 0.25) is 11.5 Å². The maximum atomic E-state index is 13.8. The molecule has 2 fully saturated rings. The Labute approximate surface area is 327 Å². The molecule has 294 valence electrons. The van der Waals surface area contributed by atoms with Gasteiger partial charge in [-0.3, -0.25) is 14.4 Å². The summed E-state index contributed by atoms with van der Waals surface area (Å²) in [4.78, 5) is 43.5. The number of aromatic hydroxyl groups is 1. The predicted molar refractivity (Wildman–Crippen MR) is 215 cm³/mol. The normalized spacial score (nSPS) is 16.8. The Hall–Kier alpha value is -4.42. The van der Waals surface area contributed by atoms with Gasteiger partial charge < -0.3 is 40.2 Å². The number of ether oxygens (including phenoxy) is 2. The number of benzene rings is 3. The number of piperidine rings is 1. The summed E-state index contributed by atoms with van der Waals surface area (Å²) >= 11 is 6.62. The minimum Gasteiger partial charge on any atom is -0.506 e. The van der Waals surface area contributed by atoms with Gasteiger partial charge in [-0.05, 0) is 99.5 Å². The fraction of sp³-hybridized carbons (Fsp3) is 0.465. The lowest BCUT2D eigenvalue weighted by Crippen LogP contribution is -2.41. The minimum atomic E-state index is -0.930. The van der Waals surface area contributed by atoms with Gasteiger partial charge in [-0.25, -0.2) is 0 Å². The molecule has 5 N–H and O–H groups in total. The van der Waals surface area contributed by atoms with Crippen molar-refractivity contribution in [1.29, 1.82) is 0 Å². The number of aliphatic hydroxyl groups is 1. The van der Waals surface area contributed by atoms with Crippen LogP contribution in [0.5, 0.6) is 11.5 Å². The molecule has 11 nitrogen and oxygen atoms in total. The van der Waals surface area contributed by atoms with Crippen LogP contribution in [-0.2, 0) is 32.7 Å². The van der Waals surface area contributed by atoms with Crippen LogP contribution in [0, 0.1) is 5.92 Å². The average Bonchev–Trinajstić information content (AvgIpc) is 3.19. The second kappa shape index (κ2) is 18.5. The van der Waals surface area contributed by atoms with Crippen molar-refractivity contribution in [2.75, 3.05) is 45.7 Å². The molecule has 2 heterocycles. The summed E-state index contributed by atoms with van der Waals surface area (Å²) in [5.74, 6) is 0.613. The first-order chi connectivity index (χ1) is 26.6. The number of likely N-dealkylation sites (tertiary alicyclic amines) is 1. The quantitative estimate of drug-likeness (QED) is 0.0825. The van der Waals surface area contributed by atoms with Crippen molar-refractivity contribution in [2.45, 2.75) is 82.3 Å². The van der Waals surface area contributed by atoms with E-state index in [2.05, 4.69) is 45.8 Å². The van der Waals surface area contributed by atoms with Crippen LogP contribution < -0.4 is 20.9 Å². The van der Waals surface area contributed by atoms with Crippen molar-refractivity contribution in [3.63, 3.8) is 0 Å². The number of hydrogen-bond acceptors (Lipinski definition) is 9. The van der Waals surface area contributed by atoms with Crippen LogP contribution in [0.25, 0.3) is 10.9 Å². The molecule has 1 aliphatic carbocycles. The van der Waals surface area contributed by atoms with Gasteiger partial charge in [0.15, 0.2) is 0 Å². The molecule has 4 aromatic rings. The van der Waals surface area contributed by atoms with Crippen LogP contribution in [0.15, 0.2) is 65.5 Å². The van der Waals surface area contributed by atoms with Crippen molar-refractivity contribution in [2.24, 2.45) is 5.92 Å². The number of aryl methyl sites for hydroxylation is 1. The number of carbonyl (C=O) groups is 2. The molecule has 1 saturated carbocycles. The molecule has 3 aromatic carbocycles. The first kappa shape index (κ1) is 40.2. The number of halogens is 1. The highest BCUT2D eigenvalue weighted by Crippen LogP contribution is 2.41. The Morgan fingerprint density at radius 2 is 1.84 bits per heavy atom. The lowest BCUT2D eigenvalue weighted by Gasteiger charge is -2.36. The van der Waals surface area contributed by atoms with E-state index >= 15 is 0 Å². The number of amides is 1. The zero-order valence-corrected chi connectivity index (χ0v) is 32.6. The molecule has 55 heavy (non-hydrogen) atoms. The molecule has 1 saturated heterocycles. The molecule has 0 unspecified atom stereocenters. The maximum Gasteiger partial charge on any atom is 0.316 e. The Morgan fingerprint density at radius 3 is 2.60 bits per heavy atom. The van der Waals surface area contributed by atoms with E-state index < -0.39 is 11.5 Å². The molecular weight excluding hydrogens is 720 g/mol. The number of aromatic nitrogens is 1. The van der Waals surface area contributed by atoms with Crippen molar-refractivity contribution in [3.05, 3.63) is 98.3 Å². The van der Waals surface area contributed by atoms with E-state index in [-0.39, 0.29) is 41.7 Å². The number of methoxy groups -OCH3 is 1. The monoisotopic (exact) mass is 772 g/mol. The Bertz CT molecular complexity index is 2020. The number of phenolic OH excluding ortho intramolecular Hbond substituents is 1. The molecule has 12 heteroatoms. The Kier molecular flexibility index (Phi) is 13.5. The number of rotatable bonds is 15. The summed E-state index contributed by atoms with van der Waals surface area (Å²) in [6, 6.07) is 17.7. The van der Waals surface area contributed by atoms with E-state index in [1.807, 2.05) is 6.07 Å². The van der Waals surface area contributed by atoms with Crippen LogP contribution in [0.2, 0.25) is 5.02 Å². The van der Waals surface area contributed by atoms with E-state index in [0.717, 1.165) is 74.7 Å². The van der Waals surface area contributed by atoms with Gasteiger partial charge in [-0.2, -0.15) is 0 Å². The van der Waals surface area contributed by atoms with Crippen molar-refractivity contribution >= 4 is 40.1 Å². The zero-order valence-electron chi connectivity index (χ0n) is 31.8. The number of aromatic amines is 1. The summed E-state index contributed by atoms with van der Waals surface area (Å²) in [5.41, 5.74) is 3.15. The number of phenols is 1. The minimum absolute atomic E-state index is 0.0746. The van der Waals surface area contributed by atoms with Gasteiger partial charge in [0.05, 0.1) is 41.5 Å². The molecule has 0 bridgehead atoms. The maximum absolute atomic E-state index is 13.8. The lowest BCUT2D eigenvalue weighted by molar-refractivity contribution is -0.154. The third kappa shape index (κ3) is 9.88. The van der Waals surface area contributed by atoms with E-state index in [4.69, 9.17) is 21.1 Å². The van der Waals surface area contributed by atoms with Gasteiger partial charge in [0.1, 0.15) is 11.5 Å².